The summed E-state index contributed by atoms with van der Waals surface area (Å²) < 4.78 is 63.8. The highest BCUT2D eigenvalue weighted by molar-refractivity contribution is 7.89. The van der Waals surface area contributed by atoms with E-state index in [-0.39, 0.29) is 10.8 Å². The minimum Gasteiger partial charge on any atom is -0.348 e. The molecule has 0 aliphatic carbocycles. The molecule has 0 aliphatic rings. The average Bonchev–Trinajstić information content (AvgIpc) is 2.54. The van der Waals surface area contributed by atoms with Crippen LogP contribution in [0.4, 0.5) is 19.1 Å². The van der Waals surface area contributed by atoms with Crippen molar-refractivity contribution in [3.63, 3.8) is 0 Å². The molecule has 1 unspecified atom stereocenters. The topological polar surface area (TPSA) is 84.0 Å². The van der Waals surface area contributed by atoms with Gasteiger partial charge in [0.15, 0.2) is 0 Å². The summed E-state index contributed by atoms with van der Waals surface area (Å²) >= 11 is 0. The number of hydrogen-bond acceptors (Lipinski definition) is 5. The average molecular weight is 360 g/mol. The zero-order valence-electron chi connectivity index (χ0n) is 12.8. The van der Waals surface area contributed by atoms with E-state index in [1.54, 1.807) is 19.1 Å². The van der Waals surface area contributed by atoms with Crippen molar-refractivity contribution in [1.29, 1.82) is 0 Å². The van der Waals surface area contributed by atoms with E-state index in [0.717, 1.165) is 12.3 Å². The van der Waals surface area contributed by atoms with Crippen molar-refractivity contribution in [1.82, 2.24) is 14.7 Å². The Morgan fingerprint density at radius 1 is 1.21 bits per heavy atom. The van der Waals surface area contributed by atoms with Gasteiger partial charge in [-0.2, -0.15) is 13.2 Å². The minimum absolute atomic E-state index is 0.0566. The van der Waals surface area contributed by atoms with Gasteiger partial charge in [0, 0.05) is 6.20 Å². The predicted molar refractivity (Wildman–Crippen MR) is 81.8 cm³/mol. The van der Waals surface area contributed by atoms with Crippen molar-refractivity contribution >= 4 is 16.0 Å². The summed E-state index contributed by atoms with van der Waals surface area (Å²) in [5.74, 6) is -0.195. The largest absolute Gasteiger partial charge is 0.433 e. The first-order chi connectivity index (χ1) is 11.1. The highest BCUT2D eigenvalue weighted by Gasteiger charge is 2.32. The van der Waals surface area contributed by atoms with Gasteiger partial charge in [0.25, 0.3) is 0 Å². The lowest BCUT2D eigenvalue weighted by Gasteiger charge is -2.16. The Hall–Kier alpha value is -2.20. The van der Waals surface area contributed by atoms with Crippen LogP contribution >= 0.6 is 0 Å². The maximum absolute atomic E-state index is 12.7. The van der Waals surface area contributed by atoms with Crippen LogP contribution in [0.1, 0.15) is 24.2 Å². The number of rotatable bonds is 5. The third-order valence-electron chi connectivity index (χ3n) is 3.23. The van der Waals surface area contributed by atoms with Gasteiger partial charge in [0.1, 0.15) is 5.69 Å². The molecule has 1 aromatic heterocycles. The first-order valence-corrected chi connectivity index (χ1v) is 8.32. The second-order valence-corrected chi connectivity index (χ2v) is 6.80. The molecule has 0 aliphatic heterocycles. The number of nitrogens with zero attached hydrogens (tertiary/aromatic N) is 2. The van der Waals surface area contributed by atoms with E-state index in [0.29, 0.717) is 5.56 Å². The molecule has 0 spiro atoms. The molecule has 0 saturated heterocycles. The number of alkyl halides is 3. The Morgan fingerprint density at radius 2 is 1.92 bits per heavy atom. The maximum atomic E-state index is 12.7. The molecule has 2 rings (SSSR count). The third kappa shape index (κ3) is 4.20. The van der Waals surface area contributed by atoms with Gasteiger partial charge >= 0.3 is 6.18 Å². The summed E-state index contributed by atoms with van der Waals surface area (Å²) in [5.41, 5.74) is -0.494. The molecule has 1 atom stereocenters. The number of hydrogen-bond donors (Lipinski definition) is 2. The van der Waals surface area contributed by atoms with E-state index in [1.165, 1.54) is 19.2 Å². The zero-order chi connectivity index (χ0) is 18.0. The summed E-state index contributed by atoms with van der Waals surface area (Å²) in [6.45, 7) is 1.66. The molecular weight excluding hydrogens is 345 g/mol. The number of halogens is 3. The van der Waals surface area contributed by atoms with Crippen molar-refractivity contribution < 1.29 is 21.6 Å². The molecule has 0 amide bonds. The molecule has 130 valence electrons. The molecule has 1 heterocycles. The van der Waals surface area contributed by atoms with Gasteiger partial charge in [-0.05, 0) is 37.7 Å². The van der Waals surface area contributed by atoms with Crippen molar-refractivity contribution in [3.8, 4) is 0 Å². The summed E-state index contributed by atoms with van der Waals surface area (Å²) in [4.78, 5) is 7.23. The van der Waals surface area contributed by atoms with Gasteiger partial charge in [-0.3, -0.25) is 0 Å². The van der Waals surface area contributed by atoms with Crippen LogP contribution in [-0.4, -0.2) is 25.4 Å². The Bertz CT molecular complexity index is 825. The van der Waals surface area contributed by atoms with E-state index < -0.39 is 27.9 Å². The molecule has 10 heteroatoms. The Labute approximate surface area is 137 Å². The van der Waals surface area contributed by atoms with Gasteiger partial charge in [-0.25, -0.2) is 23.1 Å². The molecule has 6 nitrogen and oxygen atoms in total. The lowest BCUT2D eigenvalue weighted by atomic mass is 10.1. The van der Waals surface area contributed by atoms with Crippen molar-refractivity contribution in [3.05, 3.63) is 47.8 Å². The molecular formula is C14H15F3N4O2S. The van der Waals surface area contributed by atoms with Crippen LogP contribution in [0, 0.1) is 0 Å². The lowest BCUT2D eigenvalue weighted by molar-refractivity contribution is -0.141. The SMILES string of the molecule is CNS(=O)(=O)c1cccc(C(C)Nc2nccc(C(F)(F)F)n2)c1. The minimum atomic E-state index is -4.57. The van der Waals surface area contributed by atoms with E-state index in [2.05, 4.69) is 20.0 Å². The highest BCUT2D eigenvalue weighted by atomic mass is 32.2. The van der Waals surface area contributed by atoms with Crippen LogP contribution in [0.15, 0.2) is 41.4 Å². The van der Waals surface area contributed by atoms with Gasteiger partial charge in [-0.1, -0.05) is 12.1 Å². The van der Waals surface area contributed by atoms with Crippen molar-refractivity contribution in [2.75, 3.05) is 12.4 Å². The number of benzene rings is 1. The molecule has 2 aromatic rings. The second kappa shape index (κ2) is 6.73. The summed E-state index contributed by atoms with van der Waals surface area (Å²) in [7, 11) is -2.32. The Morgan fingerprint density at radius 3 is 2.54 bits per heavy atom. The smallest absolute Gasteiger partial charge is 0.348 e. The van der Waals surface area contributed by atoms with Crippen LogP contribution in [0.5, 0.6) is 0 Å². The van der Waals surface area contributed by atoms with E-state index in [4.69, 9.17) is 0 Å². The van der Waals surface area contributed by atoms with Gasteiger partial charge < -0.3 is 5.32 Å². The molecule has 0 saturated carbocycles. The fourth-order valence-electron chi connectivity index (χ4n) is 1.93. The fourth-order valence-corrected chi connectivity index (χ4v) is 2.72. The fraction of sp³-hybridized carbons (Fsp3) is 0.286. The molecule has 24 heavy (non-hydrogen) atoms. The van der Waals surface area contributed by atoms with E-state index >= 15 is 0 Å². The van der Waals surface area contributed by atoms with Crippen LogP contribution in [0.3, 0.4) is 0 Å². The molecule has 1 aromatic carbocycles. The molecule has 0 fully saturated rings. The van der Waals surface area contributed by atoms with Crippen LogP contribution in [0.2, 0.25) is 0 Å². The Balaban J connectivity index is 2.25. The zero-order valence-corrected chi connectivity index (χ0v) is 13.6. The number of anilines is 1. The number of aromatic nitrogens is 2. The quantitative estimate of drug-likeness (QED) is 0.856. The normalized spacial score (nSPS) is 13.5. The van der Waals surface area contributed by atoms with Gasteiger partial charge in [0.2, 0.25) is 16.0 Å². The third-order valence-corrected chi connectivity index (χ3v) is 4.64. The second-order valence-electron chi connectivity index (χ2n) is 4.91. The van der Waals surface area contributed by atoms with Crippen LogP contribution < -0.4 is 10.0 Å². The van der Waals surface area contributed by atoms with E-state index in [9.17, 15) is 21.6 Å². The van der Waals surface area contributed by atoms with Crippen LogP contribution in [-0.2, 0) is 16.2 Å². The summed E-state index contributed by atoms with van der Waals surface area (Å²) in [6, 6.07) is 6.32. The van der Waals surface area contributed by atoms with Gasteiger partial charge in [0.05, 0.1) is 10.9 Å². The summed E-state index contributed by atoms with van der Waals surface area (Å²) in [5, 5.41) is 2.73. The number of sulfonamides is 1. The Kier molecular flexibility index (Phi) is 5.09. The van der Waals surface area contributed by atoms with E-state index in [1.807, 2.05) is 0 Å². The molecule has 0 bridgehead atoms. The first kappa shape index (κ1) is 18.1. The first-order valence-electron chi connectivity index (χ1n) is 6.84. The highest BCUT2D eigenvalue weighted by Crippen LogP contribution is 2.28. The standard InChI is InChI=1S/C14H15F3N4O2S/c1-9(10-4-3-5-11(8-10)24(22,23)18-2)20-13-19-7-6-12(21-13)14(15,16)17/h3-9,18H,1-2H3,(H,19,20,21). The van der Waals surface area contributed by atoms with Crippen molar-refractivity contribution in [2.45, 2.75) is 24.0 Å². The number of nitrogens with one attached hydrogen (secondary N) is 2. The maximum Gasteiger partial charge on any atom is 0.433 e. The lowest BCUT2D eigenvalue weighted by Crippen LogP contribution is -2.19. The van der Waals surface area contributed by atoms with Crippen LogP contribution in [0.25, 0.3) is 0 Å². The molecule has 2 N–H and O–H groups in total. The molecule has 0 radical (unpaired) electrons. The monoisotopic (exact) mass is 360 g/mol. The van der Waals surface area contributed by atoms with Gasteiger partial charge in [-0.15, -0.1) is 0 Å². The predicted octanol–water partition coefficient (Wildman–Crippen LogP) is 2.58. The van der Waals surface area contributed by atoms with Crippen molar-refractivity contribution in [2.24, 2.45) is 0 Å². The summed E-state index contributed by atoms with van der Waals surface area (Å²) in [6.07, 6.45) is -3.56.